The lowest BCUT2D eigenvalue weighted by Gasteiger charge is -2.12. The minimum absolute atomic E-state index is 0.0518. The molecule has 0 atom stereocenters. The molecule has 0 spiro atoms. The number of thioether (sulfide) groups is 1. The third kappa shape index (κ3) is 3.66. The Morgan fingerprint density at radius 1 is 0.964 bits per heavy atom. The minimum atomic E-state index is -4.02. The van der Waals surface area contributed by atoms with E-state index in [0.717, 1.165) is 22.5 Å². The molecule has 1 N–H and O–H groups in total. The Balaban J connectivity index is 1.86. The summed E-state index contributed by atoms with van der Waals surface area (Å²) in [5.74, 6) is -0.180. The monoisotopic (exact) mass is 427 g/mol. The number of carbonyl (C=O) groups is 1. The molecule has 3 aromatic rings. The third-order valence-electron chi connectivity index (χ3n) is 4.08. The maximum atomic E-state index is 12.7. The van der Waals surface area contributed by atoms with E-state index in [4.69, 9.17) is 16.4 Å². The van der Waals surface area contributed by atoms with Crippen LogP contribution in [0.3, 0.4) is 0 Å². The van der Waals surface area contributed by atoms with Gasteiger partial charge in [-0.05, 0) is 35.0 Å². The van der Waals surface area contributed by atoms with Crippen molar-refractivity contribution in [1.29, 1.82) is 0 Å². The second kappa shape index (κ2) is 7.38. The molecule has 8 heteroatoms. The molecule has 0 saturated carbocycles. The van der Waals surface area contributed by atoms with Crippen molar-refractivity contribution in [2.24, 2.45) is 0 Å². The molecule has 140 valence electrons. The van der Waals surface area contributed by atoms with Crippen molar-refractivity contribution >= 4 is 61.2 Å². The standard InChI is InChI=1S/C20H13NO4S3/c22-19-18(27-20(26)21-19)12-16-15-9-5-4-6-13(15)10-11-17(16)25-28(23,24)14-7-2-1-3-8-14/h1-12H,(H,21,22,26)/b18-12-. The van der Waals surface area contributed by atoms with Crippen molar-refractivity contribution in [3.63, 3.8) is 0 Å². The fourth-order valence-electron chi connectivity index (χ4n) is 2.80. The van der Waals surface area contributed by atoms with Crippen molar-refractivity contribution < 1.29 is 17.4 Å². The molecule has 1 fully saturated rings. The number of rotatable bonds is 4. The zero-order chi connectivity index (χ0) is 19.7. The largest absolute Gasteiger partial charge is 0.378 e. The summed E-state index contributed by atoms with van der Waals surface area (Å²) in [6.07, 6.45) is 1.61. The topological polar surface area (TPSA) is 72.5 Å². The van der Waals surface area contributed by atoms with E-state index in [-0.39, 0.29) is 16.6 Å². The number of hydrogen-bond acceptors (Lipinski definition) is 6. The highest BCUT2D eigenvalue weighted by Gasteiger charge is 2.24. The number of hydrogen-bond donors (Lipinski definition) is 1. The third-order valence-corrected chi connectivity index (χ3v) is 6.49. The number of amides is 1. The van der Waals surface area contributed by atoms with Crippen LogP contribution in [0.4, 0.5) is 0 Å². The molecule has 0 radical (unpaired) electrons. The molecular weight excluding hydrogens is 414 g/mol. The van der Waals surface area contributed by atoms with Crippen molar-refractivity contribution in [3.05, 3.63) is 77.2 Å². The van der Waals surface area contributed by atoms with Gasteiger partial charge >= 0.3 is 10.1 Å². The number of nitrogens with one attached hydrogen (secondary N) is 1. The van der Waals surface area contributed by atoms with Gasteiger partial charge < -0.3 is 9.50 Å². The van der Waals surface area contributed by atoms with E-state index in [2.05, 4.69) is 5.32 Å². The average molecular weight is 428 g/mol. The molecule has 0 aliphatic carbocycles. The quantitative estimate of drug-likeness (QED) is 0.384. The van der Waals surface area contributed by atoms with Crippen LogP contribution in [0.2, 0.25) is 0 Å². The Hall–Kier alpha value is -2.68. The van der Waals surface area contributed by atoms with Gasteiger partial charge in [0.25, 0.3) is 5.91 Å². The maximum absolute atomic E-state index is 12.7. The summed E-state index contributed by atoms with van der Waals surface area (Å²) >= 11 is 6.16. The second-order valence-electron chi connectivity index (χ2n) is 5.90. The fraction of sp³-hybridized carbons (Fsp3) is 0. The molecule has 0 aromatic heterocycles. The number of fused-ring (bicyclic) bond motifs is 1. The van der Waals surface area contributed by atoms with Crippen LogP contribution in [-0.2, 0) is 14.9 Å². The lowest BCUT2D eigenvalue weighted by atomic mass is 10.0. The van der Waals surface area contributed by atoms with E-state index < -0.39 is 10.1 Å². The van der Waals surface area contributed by atoms with Crippen LogP contribution in [0.25, 0.3) is 16.8 Å². The molecule has 1 aliphatic heterocycles. The molecule has 28 heavy (non-hydrogen) atoms. The minimum Gasteiger partial charge on any atom is -0.378 e. The van der Waals surface area contributed by atoms with E-state index in [0.29, 0.717) is 14.8 Å². The summed E-state index contributed by atoms with van der Waals surface area (Å²) in [6.45, 7) is 0. The summed E-state index contributed by atoms with van der Waals surface area (Å²) < 4.78 is 31.2. The van der Waals surface area contributed by atoms with E-state index >= 15 is 0 Å². The van der Waals surface area contributed by atoms with Gasteiger partial charge in [-0.25, -0.2) is 0 Å². The Labute approximate surface area is 171 Å². The number of thiocarbonyl (C=S) groups is 1. The van der Waals surface area contributed by atoms with Crippen LogP contribution in [0, 0.1) is 0 Å². The van der Waals surface area contributed by atoms with Crippen LogP contribution in [0.5, 0.6) is 5.75 Å². The summed E-state index contributed by atoms with van der Waals surface area (Å²) in [4.78, 5) is 12.5. The predicted molar refractivity (Wildman–Crippen MR) is 115 cm³/mol. The molecular formula is C20H13NO4S3. The summed E-state index contributed by atoms with van der Waals surface area (Å²) in [7, 11) is -4.02. The fourth-order valence-corrected chi connectivity index (χ4v) is 4.80. The zero-order valence-electron chi connectivity index (χ0n) is 14.3. The molecule has 1 aliphatic rings. The second-order valence-corrected chi connectivity index (χ2v) is 9.17. The molecule has 0 bridgehead atoms. The summed E-state index contributed by atoms with van der Waals surface area (Å²) in [5, 5.41) is 4.22. The molecule has 4 rings (SSSR count). The smallest absolute Gasteiger partial charge is 0.339 e. The molecule has 1 saturated heterocycles. The van der Waals surface area contributed by atoms with Crippen LogP contribution < -0.4 is 9.50 Å². The van der Waals surface area contributed by atoms with Crippen molar-refractivity contribution in [1.82, 2.24) is 5.32 Å². The van der Waals surface area contributed by atoms with Gasteiger partial charge in [0.2, 0.25) is 0 Å². The highest BCUT2D eigenvalue weighted by atomic mass is 32.2. The maximum Gasteiger partial charge on any atom is 0.339 e. The van der Waals surface area contributed by atoms with Gasteiger partial charge in [0.15, 0.2) is 5.75 Å². The van der Waals surface area contributed by atoms with Crippen LogP contribution in [0.1, 0.15) is 5.56 Å². The lowest BCUT2D eigenvalue weighted by molar-refractivity contribution is -0.115. The SMILES string of the molecule is O=C1NC(=S)S/C1=C\c1c(OS(=O)(=O)c2ccccc2)ccc2ccccc12. The summed E-state index contributed by atoms with van der Waals surface area (Å²) in [5.41, 5.74) is 0.500. The zero-order valence-corrected chi connectivity index (χ0v) is 16.7. The summed E-state index contributed by atoms with van der Waals surface area (Å²) in [6, 6.07) is 18.7. The van der Waals surface area contributed by atoms with Gasteiger partial charge in [-0.1, -0.05) is 72.5 Å². The van der Waals surface area contributed by atoms with E-state index in [1.165, 1.54) is 12.1 Å². The average Bonchev–Trinajstić information content (AvgIpc) is 3.01. The molecule has 3 aromatic carbocycles. The van der Waals surface area contributed by atoms with Gasteiger partial charge in [0, 0.05) is 5.56 Å². The van der Waals surface area contributed by atoms with Crippen LogP contribution in [-0.4, -0.2) is 18.6 Å². The molecule has 1 amide bonds. The van der Waals surface area contributed by atoms with E-state index in [1.807, 2.05) is 24.3 Å². The van der Waals surface area contributed by atoms with E-state index in [9.17, 15) is 13.2 Å². The number of carbonyl (C=O) groups excluding carboxylic acids is 1. The first-order chi connectivity index (χ1) is 13.4. The highest BCUT2D eigenvalue weighted by Crippen LogP contribution is 2.35. The first kappa shape index (κ1) is 18.7. The van der Waals surface area contributed by atoms with Crippen molar-refractivity contribution in [2.45, 2.75) is 4.90 Å². The Kier molecular flexibility index (Phi) is 4.92. The van der Waals surface area contributed by atoms with Crippen molar-refractivity contribution in [2.75, 3.05) is 0 Å². The van der Waals surface area contributed by atoms with Crippen LogP contribution >= 0.6 is 24.0 Å². The first-order valence-electron chi connectivity index (χ1n) is 8.20. The van der Waals surface area contributed by atoms with Gasteiger partial charge in [-0.15, -0.1) is 0 Å². The van der Waals surface area contributed by atoms with E-state index in [1.54, 1.807) is 36.4 Å². The van der Waals surface area contributed by atoms with Crippen molar-refractivity contribution in [3.8, 4) is 5.75 Å². The lowest BCUT2D eigenvalue weighted by Crippen LogP contribution is -2.17. The normalized spacial score (nSPS) is 15.8. The highest BCUT2D eigenvalue weighted by molar-refractivity contribution is 8.26. The first-order valence-corrected chi connectivity index (χ1v) is 10.8. The molecule has 1 heterocycles. The van der Waals surface area contributed by atoms with Gasteiger partial charge in [-0.3, -0.25) is 4.79 Å². The Morgan fingerprint density at radius 3 is 2.39 bits per heavy atom. The molecule has 0 unspecified atom stereocenters. The Morgan fingerprint density at radius 2 is 1.68 bits per heavy atom. The van der Waals surface area contributed by atoms with Gasteiger partial charge in [-0.2, -0.15) is 8.42 Å². The van der Waals surface area contributed by atoms with Gasteiger partial charge in [0.1, 0.15) is 9.22 Å². The van der Waals surface area contributed by atoms with Crippen LogP contribution in [0.15, 0.2) is 76.5 Å². The number of benzene rings is 3. The molecule has 5 nitrogen and oxygen atoms in total. The predicted octanol–water partition coefficient (Wildman–Crippen LogP) is 4.10. The van der Waals surface area contributed by atoms with Gasteiger partial charge in [0.05, 0.1) is 4.91 Å². The Bertz CT molecular complexity index is 1230.